The highest BCUT2D eigenvalue weighted by Crippen LogP contribution is 2.11. The SMILES string of the molecule is NC(=S)c1cccc(S(=O)(=O)NCCS(N)(=O)=O)c1. The van der Waals surface area contributed by atoms with Crippen LogP contribution in [-0.4, -0.2) is 34.1 Å². The number of sulfonamides is 2. The summed E-state index contributed by atoms with van der Waals surface area (Å²) in [5.41, 5.74) is 5.81. The molecule has 10 heteroatoms. The molecule has 0 bridgehead atoms. The van der Waals surface area contributed by atoms with Gasteiger partial charge in [-0.15, -0.1) is 0 Å². The lowest BCUT2D eigenvalue weighted by Crippen LogP contribution is -2.31. The fourth-order valence-corrected chi connectivity index (χ4v) is 2.94. The fraction of sp³-hybridized carbons (Fsp3) is 0.222. The number of hydrogen-bond acceptors (Lipinski definition) is 5. The Bertz CT molecular complexity index is 682. The van der Waals surface area contributed by atoms with Crippen LogP contribution in [0.4, 0.5) is 0 Å². The summed E-state index contributed by atoms with van der Waals surface area (Å²) < 4.78 is 47.3. The maximum atomic E-state index is 11.9. The van der Waals surface area contributed by atoms with Gasteiger partial charge in [0.1, 0.15) is 4.99 Å². The number of nitrogens with two attached hydrogens (primary N) is 2. The molecule has 1 aromatic carbocycles. The summed E-state index contributed by atoms with van der Waals surface area (Å²) in [7, 11) is -7.54. The van der Waals surface area contributed by atoms with Crippen molar-refractivity contribution in [1.29, 1.82) is 0 Å². The van der Waals surface area contributed by atoms with Gasteiger partial charge < -0.3 is 5.73 Å². The average Bonchev–Trinajstić information content (AvgIpc) is 2.27. The lowest BCUT2D eigenvalue weighted by Gasteiger charge is -2.07. The molecule has 0 heterocycles. The van der Waals surface area contributed by atoms with Gasteiger partial charge in [-0.2, -0.15) is 0 Å². The van der Waals surface area contributed by atoms with Crippen LogP contribution in [0.2, 0.25) is 0 Å². The first-order valence-electron chi connectivity index (χ1n) is 5.02. The summed E-state index contributed by atoms with van der Waals surface area (Å²) in [5, 5.41) is 4.77. The molecule has 19 heavy (non-hydrogen) atoms. The molecule has 0 spiro atoms. The Morgan fingerprint density at radius 1 is 1.26 bits per heavy atom. The van der Waals surface area contributed by atoms with Crippen LogP contribution in [0.5, 0.6) is 0 Å². The van der Waals surface area contributed by atoms with Crippen molar-refractivity contribution in [3.63, 3.8) is 0 Å². The minimum Gasteiger partial charge on any atom is -0.389 e. The molecule has 0 aliphatic rings. The molecule has 0 aliphatic heterocycles. The van der Waals surface area contributed by atoms with E-state index in [-0.39, 0.29) is 16.4 Å². The van der Waals surface area contributed by atoms with Gasteiger partial charge in [0, 0.05) is 12.1 Å². The van der Waals surface area contributed by atoms with Crippen LogP contribution in [0, 0.1) is 0 Å². The van der Waals surface area contributed by atoms with Crippen LogP contribution in [0.1, 0.15) is 5.56 Å². The summed E-state index contributed by atoms with van der Waals surface area (Å²) in [4.78, 5) is 0.0220. The molecular formula is C9H13N3O4S3. The molecule has 0 saturated carbocycles. The van der Waals surface area contributed by atoms with Crippen LogP contribution < -0.4 is 15.6 Å². The fourth-order valence-electron chi connectivity index (χ4n) is 1.22. The monoisotopic (exact) mass is 323 g/mol. The third-order valence-corrected chi connectivity index (χ3v) is 4.58. The van der Waals surface area contributed by atoms with E-state index in [2.05, 4.69) is 4.72 Å². The number of thiocarbonyl (C=S) groups is 1. The molecule has 106 valence electrons. The first kappa shape index (κ1) is 16.0. The van der Waals surface area contributed by atoms with Crippen molar-refractivity contribution in [2.75, 3.05) is 12.3 Å². The number of rotatable bonds is 6. The van der Waals surface area contributed by atoms with Gasteiger partial charge in [0.25, 0.3) is 0 Å². The molecule has 7 nitrogen and oxygen atoms in total. The minimum absolute atomic E-state index is 0.0489. The zero-order valence-electron chi connectivity index (χ0n) is 9.74. The molecule has 0 aromatic heterocycles. The molecule has 0 unspecified atom stereocenters. The molecule has 1 aromatic rings. The minimum atomic E-state index is -3.82. The zero-order chi connectivity index (χ0) is 14.7. The van der Waals surface area contributed by atoms with Crippen LogP contribution >= 0.6 is 12.2 Å². The number of hydrogen-bond donors (Lipinski definition) is 3. The molecule has 0 atom stereocenters. The summed E-state index contributed by atoms with van der Waals surface area (Å²) in [6.45, 7) is -0.307. The van der Waals surface area contributed by atoms with Gasteiger partial charge in [0.05, 0.1) is 10.6 Å². The highest BCUT2D eigenvalue weighted by atomic mass is 32.2. The molecule has 0 fully saturated rings. The van der Waals surface area contributed by atoms with Crippen LogP contribution in [-0.2, 0) is 20.0 Å². The normalized spacial score (nSPS) is 12.3. The van der Waals surface area contributed by atoms with Crippen molar-refractivity contribution < 1.29 is 16.8 Å². The highest BCUT2D eigenvalue weighted by Gasteiger charge is 2.15. The van der Waals surface area contributed by atoms with Crippen molar-refractivity contribution in [3.8, 4) is 0 Å². The average molecular weight is 323 g/mol. The van der Waals surface area contributed by atoms with E-state index in [0.29, 0.717) is 5.56 Å². The van der Waals surface area contributed by atoms with E-state index in [1.165, 1.54) is 18.2 Å². The largest absolute Gasteiger partial charge is 0.389 e. The van der Waals surface area contributed by atoms with Gasteiger partial charge in [-0.05, 0) is 12.1 Å². The van der Waals surface area contributed by atoms with Gasteiger partial charge in [-0.3, -0.25) is 0 Å². The van der Waals surface area contributed by atoms with Crippen molar-refractivity contribution in [1.82, 2.24) is 4.72 Å². The van der Waals surface area contributed by atoms with Crippen molar-refractivity contribution in [2.45, 2.75) is 4.90 Å². The van der Waals surface area contributed by atoms with Crippen LogP contribution in [0.3, 0.4) is 0 Å². The molecule has 0 amide bonds. The van der Waals surface area contributed by atoms with Gasteiger partial charge in [0.2, 0.25) is 20.0 Å². The van der Waals surface area contributed by atoms with Crippen LogP contribution in [0.25, 0.3) is 0 Å². The predicted octanol–water partition coefficient (Wildman–Crippen LogP) is -1.11. The standard InChI is InChI=1S/C9H13N3O4S3/c10-9(17)7-2-1-3-8(6-7)19(15,16)12-4-5-18(11,13)14/h1-3,6,12H,4-5H2,(H2,10,17)(H2,11,13,14). The quantitative estimate of drug-likeness (QED) is 0.569. The van der Waals surface area contributed by atoms with Crippen LogP contribution in [0.15, 0.2) is 29.2 Å². The van der Waals surface area contributed by atoms with E-state index in [1.54, 1.807) is 6.07 Å². The summed E-state index contributed by atoms with van der Waals surface area (Å²) in [5.74, 6) is -0.485. The molecule has 5 N–H and O–H groups in total. The maximum absolute atomic E-state index is 11.9. The molecule has 0 radical (unpaired) electrons. The predicted molar refractivity (Wildman–Crippen MR) is 75.5 cm³/mol. The third kappa shape index (κ3) is 5.20. The second-order valence-corrected chi connectivity index (χ2v) is 7.60. The molecule has 1 rings (SSSR count). The summed E-state index contributed by atoms with van der Waals surface area (Å²) in [6, 6.07) is 5.72. The van der Waals surface area contributed by atoms with Gasteiger partial charge in [-0.25, -0.2) is 26.7 Å². The molecular weight excluding hydrogens is 310 g/mol. The van der Waals surface area contributed by atoms with Crippen molar-refractivity contribution >= 4 is 37.3 Å². The molecule has 0 aliphatic carbocycles. The molecule has 0 saturated heterocycles. The maximum Gasteiger partial charge on any atom is 0.240 e. The lowest BCUT2D eigenvalue weighted by molar-refractivity contribution is 0.581. The van der Waals surface area contributed by atoms with E-state index >= 15 is 0 Å². The third-order valence-electron chi connectivity index (χ3n) is 2.11. The number of primary sulfonamides is 1. The van der Waals surface area contributed by atoms with Crippen molar-refractivity contribution in [2.24, 2.45) is 10.9 Å². The number of benzene rings is 1. The van der Waals surface area contributed by atoms with Gasteiger partial charge in [-0.1, -0.05) is 24.4 Å². The Morgan fingerprint density at radius 3 is 2.42 bits per heavy atom. The Hall–Kier alpha value is -1.07. The Labute approximate surface area is 117 Å². The second kappa shape index (κ2) is 5.92. The Balaban J connectivity index is 2.89. The Morgan fingerprint density at radius 2 is 1.89 bits per heavy atom. The highest BCUT2D eigenvalue weighted by molar-refractivity contribution is 7.90. The topological polar surface area (TPSA) is 132 Å². The van der Waals surface area contributed by atoms with E-state index in [9.17, 15) is 16.8 Å². The smallest absolute Gasteiger partial charge is 0.240 e. The van der Waals surface area contributed by atoms with E-state index < -0.39 is 25.8 Å². The van der Waals surface area contributed by atoms with Gasteiger partial charge >= 0.3 is 0 Å². The first-order valence-corrected chi connectivity index (χ1v) is 8.62. The summed E-state index contributed by atoms with van der Waals surface area (Å²) in [6.07, 6.45) is 0. The second-order valence-electron chi connectivity index (χ2n) is 3.66. The zero-order valence-corrected chi connectivity index (χ0v) is 12.2. The Kier molecular flexibility index (Phi) is 4.98. The number of nitrogens with one attached hydrogen (secondary N) is 1. The van der Waals surface area contributed by atoms with E-state index in [0.717, 1.165) is 0 Å². The van der Waals surface area contributed by atoms with Crippen molar-refractivity contribution in [3.05, 3.63) is 29.8 Å². The summed E-state index contributed by atoms with van der Waals surface area (Å²) >= 11 is 4.75. The lowest BCUT2D eigenvalue weighted by atomic mass is 10.2. The van der Waals surface area contributed by atoms with E-state index in [4.69, 9.17) is 23.1 Å². The van der Waals surface area contributed by atoms with E-state index in [1.807, 2.05) is 0 Å². The first-order chi connectivity index (χ1) is 8.62. The van der Waals surface area contributed by atoms with Gasteiger partial charge in [0.15, 0.2) is 0 Å².